The molecule has 0 radical (unpaired) electrons. The van der Waals surface area contributed by atoms with Crippen molar-refractivity contribution in [3.8, 4) is 17.4 Å². The van der Waals surface area contributed by atoms with Gasteiger partial charge in [0, 0.05) is 35.9 Å². The highest BCUT2D eigenvalue weighted by Crippen LogP contribution is 2.32. The molecule has 6 nitrogen and oxygen atoms in total. The quantitative estimate of drug-likeness (QED) is 0.676. The summed E-state index contributed by atoms with van der Waals surface area (Å²) in [5, 5.41) is 0. The first-order valence-corrected chi connectivity index (χ1v) is 10.8. The van der Waals surface area contributed by atoms with Crippen LogP contribution in [0, 0.1) is 12.8 Å². The fourth-order valence-electron chi connectivity index (χ4n) is 4.02. The van der Waals surface area contributed by atoms with Crippen molar-refractivity contribution >= 4 is 23.7 Å². The summed E-state index contributed by atoms with van der Waals surface area (Å²) in [5.74, 6) is 2.69. The minimum Gasteiger partial charge on any atom is -0.493 e. The van der Waals surface area contributed by atoms with Crippen molar-refractivity contribution < 1.29 is 14.2 Å². The number of rotatable bonds is 6. The number of hydrogen-bond acceptors (Lipinski definition) is 6. The summed E-state index contributed by atoms with van der Waals surface area (Å²) in [6.45, 7) is 8.47. The Balaban J connectivity index is 1.37. The van der Waals surface area contributed by atoms with Crippen LogP contribution in [0.25, 0.3) is 0 Å². The molecular formula is C21H27BClN3O3. The van der Waals surface area contributed by atoms with Crippen LogP contribution in [0.5, 0.6) is 17.4 Å². The molecule has 4 heterocycles. The zero-order valence-electron chi connectivity index (χ0n) is 17.1. The van der Waals surface area contributed by atoms with Crippen LogP contribution in [0.2, 0.25) is 0 Å². The molecule has 4 rings (SSSR count). The lowest BCUT2D eigenvalue weighted by Crippen LogP contribution is -2.39. The van der Waals surface area contributed by atoms with Crippen LogP contribution in [0.1, 0.15) is 37.2 Å². The maximum atomic E-state index is 6.10. The maximum absolute atomic E-state index is 6.10. The third-order valence-corrected chi connectivity index (χ3v) is 5.83. The molecule has 0 aliphatic carbocycles. The van der Waals surface area contributed by atoms with Gasteiger partial charge in [0.1, 0.15) is 19.0 Å². The van der Waals surface area contributed by atoms with Gasteiger partial charge in [-0.1, -0.05) is 0 Å². The van der Waals surface area contributed by atoms with Gasteiger partial charge in [0.15, 0.2) is 5.75 Å². The number of ether oxygens (including phenoxy) is 3. The molecule has 0 bridgehead atoms. The number of fused-ring (bicyclic) bond motifs is 1. The molecule has 8 heteroatoms. The third-order valence-electron chi connectivity index (χ3n) is 5.56. The fourth-order valence-corrected chi connectivity index (χ4v) is 4.16. The summed E-state index contributed by atoms with van der Waals surface area (Å²) in [4.78, 5) is 11.6. The first-order valence-electron chi connectivity index (χ1n) is 10.3. The average Bonchev–Trinajstić information content (AvgIpc) is 2.76. The van der Waals surface area contributed by atoms with E-state index in [-0.39, 0.29) is 6.04 Å². The second kappa shape index (κ2) is 9.22. The number of pyridine rings is 2. The van der Waals surface area contributed by atoms with Gasteiger partial charge in [-0.05, 0) is 51.4 Å². The second-order valence-corrected chi connectivity index (χ2v) is 8.06. The monoisotopic (exact) mass is 415 g/mol. The smallest absolute Gasteiger partial charge is 0.288 e. The number of hydrogen-bond donors (Lipinski definition) is 0. The molecule has 2 atom stereocenters. The maximum Gasteiger partial charge on any atom is 0.288 e. The molecule has 0 N–H and O–H groups in total. The van der Waals surface area contributed by atoms with Crippen LogP contribution >= 0.6 is 11.5 Å². The molecule has 2 aromatic heterocycles. The van der Waals surface area contributed by atoms with Crippen molar-refractivity contribution in [3.63, 3.8) is 0 Å². The summed E-state index contributed by atoms with van der Waals surface area (Å²) >= 11 is 5.93. The Kier molecular flexibility index (Phi) is 6.45. The first-order chi connectivity index (χ1) is 14.1. The highest BCUT2D eigenvalue weighted by Gasteiger charge is 2.26. The highest BCUT2D eigenvalue weighted by molar-refractivity contribution is 7.01. The van der Waals surface area contributed by atoms with Gasteiger partial charge in [-0.15, -0.1) is 0 Å². The van der Waals surface area contributed by atoms with Crippen molar-refractivity contribution in [2.45, 2.75) is 32.7 Å². The van der Waals surface area contributed by atoms with Crippen molar-refractivity contribution in [1.29, 1.82) is 0 Å². The van der Waals surface area contributed by atoms with Crippen molar-refractivity contribution in [2.75, 3.05) is 32.9 Å². The minimum absolute atomic E-state index is 0.222. The number of aryl methyl sites for hydroxylation is 1. The molecular weight excluding hydrogens is 389 g/mol. The molecule has 0 aromatic carbocycles. The molecule has 29 heavy (non-hydrogen) atoms. The fraction of sp³-hybridized carbons (Fsp3) is 0.524. The topological polar surface area (TPSA) is 56.7 Å². The largest absolute Gasteiger partial charge is 0.493 e. The van der Waals surface area contributed by atoms with E-state index in [9.17, 15) is 0 Å². The Labute approximate surface area is 177 Å². The predicted molar refractivity (Wildman–Crippen MR) is 115 cm³/mol. The summed E-state index contributed by atoms with van der Waals surface area (Å²) in [5.41, 5.74) is 2.80. The SMILES string of the molecule is Cc1cc(OC[C@H]2CCCN([C@H](C)c3ccc4c(n3)OCCO4)C2)cc(BCl)n1. The standard InChI is InChI=1S/C21H27BClN3O3/c1-14-10-17(11-20(22-23)24-14)29-13-16-4-3-7-26(12-16)15(2)18-5-6-19-21(25-18)28-9-8-27-19/h5-6,10-11,15-16,22H,3-4,7-9,12-13H2,1-2H3/t15-,16+/m1/s1. The first kappa shape index (κ1) is 20.3. The van der Waals surface area contributed by atoms with E-state index in [0.29, 0.717) is 38.3 Å². The number of halogens is 1. The van der Waals surface area contributed by atoms with Gasteiger partial charge in [-0.25, -0.2) is 4.98 Å². The van der Waals surface area contributed by atoms with E-state index < -0.39 is 0 Å². The van der Waals surface area contributed by atoms with Gasteiger partial charge in [0.2, 0.25) is 0 Å². The normalized spacial score (nSPS) is 20.2. The molecule has 2 aromatic rings. The zero-order chi connectivity index (χ0) is 20.2. The lowest BCUT2D eigenvalue weighted by atomic mass is 9.97. The summed E-state index contributed by atoms with van der Waals surface area (Å²) in [6, 6.07) is 8.14. The molecule has 0 saturated carbocycles. The molecule has 0 spiro atoms. The van der Waals surface area contributed by atoms with E-state index in [0.717, 1.165) is 48.0 Å². The van der Waals surface area contributed by atoms with Crippen molar-refractivity contribution in [2.24, 2.45) is 5.92 Å². The Bertz CT molecular complexity index is 854. The number of piperidine rings is 1. The summed E-state index contributed by atoms with van der Waals surface area (Å²) in [6.07, 6.45) is 2.33. The number of nitrogens with zero attached hydrogens (tertiary/aromatic N) is 3. The third kappa shape index (κ3) is 4.96. The Morgan fingerprint density at radius 2 is 2.14 bits per heavy atom. The second-order valence-electron chi connectivity index (χ2n) is 7.80. The van der Waals surface area contributed by atoms with Crippen LogP contribution in [-0.2, 0) is 0 Å². The van der Waals surface area contributed by atoms with E-state index in [1.54, 1.807) is 0 Å². The minimum atomic E-state index is 0.222. The van der Waals surface area contributed by atoms with Crippen LogP contribution < -0.4 is 19.8 Å². The van der Waals surface area contributed by atoms with Gasteiger partial charge in [-0.3, -0.25) is 9.88 Å². The lowest BCUT2D eigenvalue weighted by molar-refractivity contribution is 0.0981. The molecule has 154 valence electrons. The molecule has 1 saturated heterocycles. The van der Waals surface area contributed by atoms with E-state index in [4.69, 9.17) is 30.7 Å². The Morgan fingerprint density at radius 3 is 3.00 bits per heavy atom. The van der Waals surface area contributed by atoms with Crippen LogP contribution in [0.4, 0.5) is 0 Å². The van der Waals surface area contributed by atoms with Crippen LogP contribution in [0.3, 0.4) is 0 Å². The van der Waals surface area contributed by atoms with Crippen molar-refractivity contribution in [3.05, 3.63) is 35.7 Å². The van der Waals surface area contributed by atoms with Gasteiger partial charge in [0.05, 0.1) is 12.3 Å². The average molecular weight is 416 g/mol. The summed E-state index contributed by atoms with van der Waals surface area (Å²) < 4.78 is 17.3. The Morgan fingerprint density at radius 1 is 1.28 bits per heavy atom. The van der Waals surface area contributed by atoms with Gasteiger partial charge in [-0.2, -0.15) is 11.5 Å². The van der Waals surface area contributed by atoms with Crippen molar-refractivity contribution in [1.82, 2.24) is 14.9 Å². The van der Waals surface area contributed by atoms with E-state index in [2.05, 4.69) is 16.8 Å². The molecule has 0 unspecified atom stereocenters. The number of aromatic nitrogens is 2. The molecule has 2 aliphatic heterocycles. The van der Waals surface area contributed by atoms with Gasteiger partial charge in [0.25, 0.3) is 12.6 Å². The van der Waals surface area contributed by atoms with Gasteiger partial charge >= 0.3 is 0 Å². The predicted octanol–water partition coefficient (Wildman–Crippen LogP) is 2.62. The number of likely N-dealkylation sites (tertiary alicyclic amines) is 1. The lowest BCUT2D eigenvalue weighted by Gasteiger charge is -2.36. The Hall–Kier alpha value is -1.99. The van der Waals surface area contributed by atoms with E-state index >= 15 is 0 Å². The van der Waals surface area contributed by atoms with E-state index in [1.165, 1.54) is 6.42 Å². The van der Waals surface area contributed by atoms with Gasteiger partial charge < -0.3 is 14.2 Å². The highest BCUT2D eigenvalue weighted by atomic mass is 35.5. The summed E-state index contributed by atoms with van der Waals surface area (Å²) in [7, 11) is 0. The molecule has 2 aliphatic rings. The zero-order valence-corrected chi connectivity index (χ0v) is 17.8. The van der Waals surface area contributed by atoms with Crippen LogP contribution in [-0.4, -0.2) is 54.5 Å². The van der Waals surface area contributed by atoms with Crippen LogP contribution in [0.15, 0.2) is 24.3 Å². The molecule has 1 fully saturated rings. The molecule has 0 amide bonds. The van der Waals surface area contributed by atoms with E-state index in [1.807, 2.05) is 31.2 Å².